The quantitative estimate of drug-likeness (QED) is 0.428. The first-order valence-corrected chi connectivity index (χ1v) is 11.1. The van der Waals surface area contributed by atoms with Crippen LogP contribution in [-0.4, -0.2) is 24.8 Å². The Kier molecular flexibility index (Phi) is 6.28. The lowest BCUT2D eigenvalue weighted by Crippen LogP contribution is -2.42. The molecule has 4 aromatic rings. The molecular formula is C23H21BrFN5O3. The standard InChI is InChI=1S/C23H21BrFN5O3/c1-3-30-21-20(14(2)27-30)28(13-19(31)26-18-10-6-16(24)7-11-18)23(33)29(22(21)32)12-15-4-8-17(25)9-5-15/h4-11H,3,12-13H2,1-2H3,(H,26,31). The van der Waals surface area contributed by atoms with Crippen molar-refractivity contribution < 1.29 is 9.18 Å². The molecule has 10 heteroatoms. The Balaban J connectivity index is 1.81. The molecule has 2 heterocycles. The third-order valence-electron chi connectivity index (χ3n) is 5.26. The fourth-order valence-corrected chi connectivity index (χ4v) is 3.99. The first-order valence-electron chi connectivity index (χ1n) is 10.3. The van der Waals surface area contributed by atoms with Crippen molar-refractivity contribution in [3.63, 3.8) is 0 Å². The van der Waals surface area contributed by atoms with Crippen LogP contribution >= 0.6 is 15.9 Å². The molecule has 1 amide bonds. The van der Waals surface area contributed by atoms with E-state index in [1.807, 2.05) is 6.92 Å². The van der Waals surface area contributed by atoms with Crippen LogP contribution in [0.4, 0.5) is 10.1 Å². The fraction of sp³-hybridized carbons (Fsp3) is 0.217. The van der Waals surface area contributed by atoms with Gasteiger partial charge in [0, 0.05) is 16.7 Å². The molecule has 2 aromatic carbocycles. The van der Waals surface area contributed by atoms with E-state index in [-0.39, 0.29) is 18.6 Å². The highest BCUT2D eigenvalue weighted by Crippen LogP contribution is 2.16. The van der Waals surface area contributed by atoms with Crippen molar-refractivity contribution in [2.75, 3.05) is 5.32 Å². The van der Waals surface area contributed by atoms with Crippen molar-refractivity contribution in [1.82, 2.24) is 18.9 Å². The lowest BCUT2D eigenvalue weighted by atomic mass is 10.2. The van der Waals surface area contributed by atoms with Gasteiger partial charge in [0.25, 0.3) is 5.56 Å². The van der Waals surface area contributed by atoms with Crippen molar-refractivity contribution >= 4 is 38.6 Å². The number of amides is 1. The van der Waals surface area contributed by atoms with Gasteiger partial charge < -0.3 is 5.32 Å². The zero-order valence-corrected chi connectivity index (χ0v) is 19.6. The fourth-order valence-electron chi connectivity index (χ4n) is 3.73. The number of hydrogen-bond donors (Lipinski definition) is 1. The van der Waals surface area contributed by atoms with Gasteiger partial charge in [-0.3, -0.25) is 23.4 Å². The number of anilines is 1. The normalized spacial score (nSPS) is 11.2. The number of hydrogen-bond acceptors (Lipinski definition) is 4. The minimum atomic E-state index is -0.637. The summed E-state index contributed by atoms with van der Waals surface area (Å²) in [6, 6.07) is 12.6. The molecule has 4 rings (SSSR count). The van der Waals surface area contributed by atoms with E-state index in [1.165, 1.54) is 33.5 Å². The molecule has 2 aromatic heterocycles. The maximum absolute atomic E-state index is 13.4. The van der Waals surface area contributed by atoms with Gasteiger partial charge in [-0.2, -0.15) is 5.10 Å². The van der Waals surface area contributed by atoms with E-state index in [9.17, 15) is 18.8 Å². The molecule has 8 nitrogen and oxygen atoms in total. The monoisotopic (exact) mass is 513 g/mol. The van der Waals surface area contributed by atoms with Crippen molar-refractivity contribution in [2.24, 2.45) is 0 Å². The van der Waals surface area contributed by atoms with Crippen LogP contribution in [0.25, 0.3) is 11.0 Å². The Morgan fingerprint density at radius 3 is 2.33 bits per heavy atom. The number of carbonyl (C=O) groups is 1. The predicted molar refractivity (Wildman–Crippen MR) is 127 cm³/mol. The summed E-state index contributed by atoms with van der Waals surface area (Å²) in [4.78, 5) is 39.5. The summed E-state index contributed by atoms with van der Waals surface area (Å²) in [5, 5.41) is 7.15. The molecule has 0 radical (unpaired) electrons. The maximum atomic E-state index is 13.4. The van der Waals surface area contributed by atoms with Crippen LogP contribution in [0, 0.1) is 12.7 Å². The molecule has 0 fully saturated rings. The number of nitrogens with zero attached hydrogens (tertiary/aromatic N) is 4. The Morgan fingerprint density at radius 2 is 1.70 bits per heavy atom. The second kappa shape index (κ2) is 9.14. The molecule has 0 aliphatic carbocycles. The van der Waals surface area contributed by atoms with Gasteiger partial charge in [0.2, 0.25) is 5.91 Å². The van der Waals surface area contributed by atoms with E-state index in [2.05, 4.69) is 26.3 Å². The SMILES string of the molecule is CCn1nc(C)c2c1c(=O)n(Cc1ccc(F)cc1)c(=O)n2CC(=O)Nc1ccc(Br)cc1. The Labute approximate surface area is 196 Å². The van der Waals surface area contributed by atoms with Gasteiger partial charge in [-0.05, 0) is 55.8 Å². The molecular weight excluding hydrogens is 493 g/mol. The second-order valence-electron chi connectivity index (χ2n) is 7.54. The topological polar surface area (TPSA) is 90.9 Å². The summed E-state index contributed by atoms with van der Waals surface area (Å²) in [6.07, 6.45) is 0. The zero-order valence-electron chi connectivity index (χ0n) is 18.0. The van der Waals surface area contributed by atoms with Crippen LogP contribution in [0.5, 0.6) is 0 Å². The van der Waals surface area contributed by atoms with Crippen molar-refractivity contribution in [1.29, 1.82) is 0 Å². The van der Waals surface area contributed by atoms with Gasteiger partial charge in [0.05, 0.1) is 12.2 Å². The summed E-state index contributed by atoms with van der Waals surface area (Å²) < 4.78 is 18.0. The number of carbonyl (C=O) groups excluding carboxylic acids is 1. The zero-order chi connectivity index (χ0) is 23.7. The Morgan fingerprint density at radius 1 is 1.03 bits per heavy atom. The summed E-state index contributed by atoms with van der Waals surface area (Å²) in [7, 11) is 0. The largest absolute Gasteiger partial charge is 0.332 e. The average molecular weight is 514 g/mol. The molecule has 33 heavy (non-hydrogen) atoms. The molecule has 0 unspecified atom stereocenters. The van der Waals surface area contributed by atoms with Gasteiger partial charge in [0.15, 0.2) is 5.52 Å². The molecule has 0 aliphatic rings. The predicted octanol–water partition coefficient (Wildman–Crippen LogP) is 3.28. The van der Waals surface area contributed by atoms with Crippen LogP contribution in [-0.2, 0) is 24.4 Å². The van der Waals surface area contributed by atoms with Crippen molar-refractivity contribution in [3.05, 3.63) is 90.9 Å². The van der Waals surface area contributed by atoms with Gasteiger partial charge in [-0.1, -0.05) is 28.1 Å². The van der Waals surface area contributed by atoms with Gasteiger partial charge >= 0.3 is 5.69 Å². The number of aryl methyl sites for hydroxylation is 2. The molecule has 0 atom stereocenters. The van der Waals surface area contributed by atoms with Gasteiger partial charge in [-0.25, -0.2) is 9.18 Å². The first kappa shape index (κ1) is 22.7. The van der Waals surface area contributed by atoms with Crippen LogP contribution in [0.2, 0.25) is 0 Å². The van der Waals surface area contributed by atoms with Crippen molar-refractivity contribution in [3.8, 4) is 0 Å². The van der Waals surface area contributed by atoms with E-state index in [0.717, 1.165) is 9.04 Å². The first-order chi connectivity index (χ1) is 15.8. The van der Waals surface area contributed by atoms with E-state index in [0.29, 0.717) is 29.0 Å². The molecule has 1 N–H and O–H groups in total. The number of nitrogens with one attached hydrogen (secondary N) is 1. The maximum Gasteiger partial charge on any atom is 0.332 e. The van der Waals surface area contributed by atoms with Crippen LogP contribution in [0.1, 0.15) is 18.2 Å². The molecule has 0 saturated heterocycles. The minimum absolute atomic E-state index is 0.0594. The molecule has 170 valence electrons. The van der Waals surface area contributed by atoms with E-state index < -0.39 is 23.0 Å². The molecule has 0 saturated carbocycles. The highest BCUT2D eigenvalue weighted by molar-refractivity contribution is 9.10. The number of rotatable bonds is 6. The van der Waals surface area contributed by atoms with Gasteiger partial charge in [-0.15, -0.1) is 0 Å². The number of aromatic nitrogens is 4. The van der Waals surface area contributed by atoms with Crippen LogP contribution < -0.4 is 16.6 Å². The van der Waals surface area contributed by atoms with E-state index in [1.54, 1.807) is 31.2 Å². The average Bonchev–Trinajstić information content (AvgIpc) is 3.13. The Bertz CT molecular complexity index is 1450. The van der Waals surface area contributed by atoms with E-state index >= 15 is 0 Å². The van der Waals surface area contributed by atoms with Crippen LogP contribution in [0.15, 0.2) is 62.6 Å². The minimum Gasteiger partial charge on any atom is -0.325 e. The molecule has 0 spiro atoms. The van der Waals surface area contributed by atoms with Crippen molar-refractivity contribution in [2.45, 2.75) is 33.5 Å². The summed E-state index contributed by atoms with van der Waals surface area (Å²) in [5.41, 5.74) is 1.06. The van der Waals surface area contributed by atoms with Gasteiger partial charge in [0.1, 0.15) is 17.9 Å². The molecule has 0 bridgehead atoms. The third kappa shape index (κ3) is 4.51. The summed E-state index contributed by atoms with van der Waals surface area (Å²) in [5.74, 6) is -0.834. The number of benzene rings is 2. The number of halogens is 2. The smallest absolute Gasteiger partial charge is 0.325 e. The lowest BCUT2D eigenvalue weighted by molar-refractivity contribution is -0.116. The highest BCUT2D eigenvalue weighted by Gasteiger charge is 2.21. The van der Waals surface area contributed by atoms with Crippen LogP contribution in [0.3, 0.4) is 0 Å². The number of fused-ring (bicyclic) bond motifs is 1. The summed E-state index contributed by atoms with van der Waals surface area (Å²) >= 11 is 3.34. The lowest BCUT2D eigenvalue weighted by Gasteiger charge is -2.13. The third-order valence-corrected chi connectivity index (χ3v) is 5.79. The summed E-state index contributed by atoms with van der Waals surface area (Å²) in [6.45, 7) is 3.59. The second-order valence-corrected chi connectivity index (χ2v) is 8.46. The highest BCUT2D eigenvalue weighted by atomic mass is 79.9. The molecule has 0 aliphatic heterocycles. The Hall–Kier alpha value is -3.53. The van der Waals surface area contributed by atoms with E-state index in [4.69, 9.17) is 0 Å².